The first-order chi connectivity index (χ1) is 12.1. The van der Waals surface area contributed by atoms with Gasteiger partial charge in [0, 0.05) is 30.1 Å². The normalized spacial score (nSPS) is 35.1. The van der Waals surface area contributed by atoms with Gasteiger partial charge in [-0.25, -0.2) is 4.79 Å². The molecule has 0 aromatic heterocycles. The molecule has 5 nitrogen and oxygen atoms in total. The summed E-state index contributed by atoms with van der Waals surface area (Å²) in [6, 6.07) is 0.768. The zero-order chi connectivity index (χ0) is 17.6. The second-order valence-corrected chi connectivity index (χ2v) is 9.25. The summed E-state index contributed by atoms with van der Waals surface area (Å²) >= 11 is 2.17. The topological polar surface area (TPSA) is 70.0 Å². The van der Waals surface area contributed by atoms with E-state index in [1.807, 2.05) is 0 Å². The number of fused-ring (bicyclic) bond motifs is 1. The third-order valence-electron chi connectivity index (χ3n) is 6.21. The Morgan fingerprint density at radius 1 is 1.16 bits per heavy atom. The number of ether oxygens (including phenoxy) is 1. The van der Waals surface area contributed by atoms with Crippen LogP contribution < -0.4 is 0 Å². The van der Waals surface area contributed by atoms with Crippen molar-refractivity contribution in [2.45, 2.75) is 81.3 Å². The van der Waals surface area contributed by atoms with Crippen molar-refractivity contribution in [1.82, 2.24) is 4.90 Å². The van der Waals surface area contributed by atoms with Crippen LogP contribution in [0.25, 0.3) is 0 Å². The number of carboxylic acid groups (broad SMARTS) is 1. The number of carbonyl (C=O) groups is 1. The molecule has 1 aliphatic heterocycles. The van der Waals surface area contributed by atoms with E-state index >= 15 is 0 Å². The van der Waals surface area contributed by atoms with Crippen LogP contribution >= 0.6 is 11.8 Å². The minimum absolute atomic E-state index is 0.319. The molecular formula is C19H33NO4S. The van der Waals surface area contributed by atoms with Gasteiger partial charge in [0.05, 0.1) is 12.7 Å². The smallest absolute Gasteiger partial charge is 0.332 e. The molecule has 1 heterocycles. The third-order valence-corrected chi connectivity index (χ3v) is 7.61. The highest BCUT2D eigenvalue weighted by Gasteiger charge is 2.33. The van der Waals surface area contributed by atoms with Gasteiger partial charge < -0.3 is 14.9 Å². The lowest BCUT2D eigenvalue weighted by atomic mass is 9.84. The van der Waals surface area contributed by atoms with Gasteiger partial charge >= 0.3 is 5.97 Å². The molecule has 3 fully saturated rings. The van der Waals surface area contributed by atoms with E-state index < -0.39 is 12.1 Å². The molecule has 25 heavy (non-hydrogen) atoms. The number of nitrogens with zero attached hydrogens (tertiary/aromatic N) is 1. The summed E-state index contributed by atoms with van der Waals surface area (Å²) in [5.74, 6) is 0.491. The number of carboxylic acids is 1. The summed E-state index contributed by atoms with van der Waals surface area (Å²) in [5.41, 5.74) is 0. The Hall–Kier alpha value is -0.300. The Labute approximate surface area is 155 Å². The lowest BCUT2D eigenvalue weighted by Gasteiger charge is -2.43. The molecule has 0 spiro atoms. The molecule has 2 N–H and O–H groups in total. The zero-order valence-corrected chi connectivity index (χ0v) is 16.0. The SMILES string of the molecule is O=C(O)C(O)CC1CCC(OCCN2CCSC3CCCCC32)CC1. The standard InChI is InChI=1S/C19H33NO4S/c21-17(19(22)23)13-14-5-7-15(8-6-14)24-11-9-20-10-12-25-18-4-2-1-3-16(18)20/h14-18,21H,1-13H2,(H,22,23). The van der Waals surface area contributed by atoms with Gasteiger partial charge in [-0.05, 0) is 50.9 Å². The van der Waals surface area contributed by atoms with E-state index in [9.17, 15) is 9.90 Å². The Morgan fingerprint density at radius 3 is 2.68 bits per heavy atom. The van der Waals surface area contributed by atoms with Crippen molar-refractivity contribution in [3.8, 4) is 0 Å². The molecule has 0 radical (unpaired) electrons. The summed E-state index contributed by atoms with van der Waals surface area (Å²) in [5, 5.41) is 19.1. The van der Waals surface area contributed by atoms with Gasteiger partial charge in [0.1, 0.15) is 0 Å². The van der Waals surface area contributed by atoms with Crippen molar-refractivity contribution >= 4 is 17.7 Å². The monoisotopic (exact) mass is 371 g/mol. The highest BCUT2D eigenvalue weighted by atomic mass is 32.2. The van der Waals surface area contributed by atoms with Crippen molar-refractivity contribution in [3.63, 3.8) is 0 Å². The summed E-state index contributed by atoms with van der Waals surface area (Å²) in [7, 11) is 0. The minimum Gasteiger partial charge on any atom is -0.479 e. The fraction of sp³-hybridized carbons (Fsp3) is 0.947. The molecule has 0 amide bonds. The largest absolute Gasteiger partial charge is 0.479 e. The Bertz CT molecular complexity index is 426. The number of rotatable bonds is 7. The summed E-state index contributed by atoms with van der Waals surface area (Å²) in [4.78, 5) is 13.4. The first-order valence-corrected chi connectivity index (χ1v) is 11.1. The van der Waals surface area contributed by atoms with Crippen molar-refractivity contribution < 1.29 is 19.7 Å². The quantitative estimate of drug-likeness (QED) is 0.717. The van der Waals surface area contributed by atoms with Crippen molar-refractivity contribution in [3.05, 3.63) is 0 Å². The molecule has 3 unspecified atom stereocenters. The van der Waals surface area contributed by atoms with E-state index in [0.717, 1.165) is 50.1 Å². The molecule has 0 aromatic rings. The number of aliphatic hydroxyl groups excluding tert-OH is 1. The van der Waals surface area contributed by atoms with E-state index in [1.165, 1.54) is 38.0 Å². The lowest BCUT2D eigenvalue weighted by Crippen LogP contribution is -2.50. The Balaban J connectivity index is 1.33. The number of hydrogen-bond acceptors (Lipinski definition) is 5. The van der Waals surface area contributed by atoms with E-state index in [1.54, 1.807) is 0 Å². The van der Waals surface area contributed by atoms with Gasteiger partial charge in [0.25, 0.3) is 0 Å². The number of aliphatic carboxylic acids is 1. The molecule has 2 aliphatic carbocycles. The number of thioether (sulfide) groups is 1. The number of hydrogen-bond donors (Lipinski definition) is 2. The summed E-state index contributed by atoms with van der Waals surface area (Å²) < 4.78 is 6.14. The Kier molecular flexibility index (Phi) is 7.46. The maximum absolute atomic E-state index is 10.7. The van der Waals surface area contributed by atoms with Gasteiger partial charge in [-0.2, -0.15) is 11.8 Å². The summed E-state index contributed by atoms with van der Waals surface area (Å²) in [6.45, 7) is 3.08. The molecule has 0 bridgehead atoms. The maximum Gasteiger partial charge on any atom is 0.332 e. The Morgan fingerprint density at radius 2 is 1.92 bits per heavy atom. The zero-order valence-electron chi connectivity index (χ0n) is 15.1. The highest BCUT2D eigenvalue weighted by Crippen LogP contribution is 2.35. The molecule has 3 aliphatic rings. The van der Waals surface area contributed by atoms with Crippen LogP contribution in [0, 0.1) is 5.92 Å². The van der Waals surface area contributed by atoms with E-state index in [0.29, 0.717) is 18.4 Å². The van der Waals surface area contributed by atoms with Gasteiger partial charge in [-0.1, -0.05) is 12.8 Å². The second kappa shape index (κ2) is 9.58. The van der Waals surface area contributed by atoms with Gasteiger partial charge in [-0.15, -0.1) is 0 Å². The second-order valence-electron chi connectivity index (χ2n) is 7.90. The fourth-order valence-corrected chi connectivity index (χ4v) is 6.25. The summed E-state index contributed by atoms with van der Waals surface area (Å²) in [6.07, 6.45) is 8.97. The third kappa shape index (κ3) is 5.59. The molecular weight excluding hydrogens is 338 g/mol. The number of aliphatic hydroxyl groups is 1. The minimum atomic E-state index is -1.21. The van der Waals surface area contributed by atoms with Crippen molar-refractivity contribution in [2.75, 3.05) is 25.4 Å². The van der Waals surface area contributed by atoms with Crippen LogP contribution in [-0.2, 0) is 9.53 Å². The lowest BCUT2D eigenvalue weighted by molar-refractivity contribution is -0.147. The molecule has 2 saturated carbocycles. The highest BCUT2D eigenvalue weighted by molar-refractivity contribution is 8.00. The van der Waals surface area contributed by atoms with Crippen molar-refractivity contribution in [2.24, 2.45) is 5.92 Å². The van der Waals surface area contributed by atoms with Crippen LogP contribution in [0.3, 0.4) is 0 Å². The molecule has 3 atom stereocenters. The van der Waals surface area contributed by atoms with Crippen molar-refractivity contribution in [1.29, 1.82) is 0 Å². The predicted octanol–water partition coefficient (Wildman–Crippen LogP) is 2.76. The van der Waals surface area contributed by atoms with Crippen LogP contribution in [0.5, 0.6) is 0 Å². The first-order valence-electron chi connectivity index (χ1n) is 10.0. The van der Waals surface area contributed by atoms with Crippen LogP contribution in [0.15, 0.2) is 0 Å². The molecule has 6 heteroatoms. The van der Waals surface area contributed by atoms with E-state index in [2.05, 4.69) is 16.7 Å². The van der Waals surface area contributed by atoms with Crippen LogP contribution in [0.1, 0.15) is 57.8 Å². The molecule has 3 rings (SSSR count). The van der Waals surface area contributed by atoms with E-state index in [-0.39, 0.29) is 0 Å². The fourth-order valence-electron chi connectivity index (χ4n) is 4.74. The van der Waals surface area contributed by atoms with Crippen LogP contribution in [0.2, 0.25) is 0 Å². The molecule has 0 aromatic carbocycles. The van der Waals surface area contributed by atoms with Gasteiger partial charge in [0.15, 0.2) is 6.10 Å². The average molecular weight is 372 g/mol. The predicted molar refractivity (Wildman–Crippen MR) is 100 cm³/mol. The van der Waals surface area contributed by atoms with Gasteiger partial charge in [0.2, 0.25) is 0 Å². The van der Waals surface area contributed by atoms with Crippen LogP contribution in [-0.4, -0.2) is 70.0 Å². The molecule has 1 saturated heterocycles. The molecule has 144 valence electrons. The first kappa shape index (κ1) is 19.5. The maximum atomic E-state index is 10.7. The average Bonchev–Trinajstić information content (AvgIpc) is 2.63. The van der Waals surface area contributed by atoms with Crippen LogP contribution in [0.4, 0.5) is 0 Å². The van der Waals surface area contributed by atoms with Gasteiger partial charge in [-0.3, -0.25) is 4.90 Å². The van der Waals surface area contributed by atoms with E-state index in [4.69, 9.17) is 9.84 Å².